The van der Waals surface area contributed by atoms with Gasteiger partial charge in [-0.3, -0.25) is 0 Å². The van der Waals surface area contributed by atoms with Gasteiger partial charge >= 0.3 is 0 Å². The molecule has 4 nitrogen and oxygen atoms in total. The van der Waals surface area contributed by atoms with Gasteiger partial charge in [-0.05, 0) is 28.0 Å². The summed E-state index contributed by atoms with van der Waals surface area (Å²) in [5, 5.41) is 0. The number of nitrogens with two attached hydrogens (primary N) is 1. The summed E-state index contributed by atoms with van der Waals surface area (Å²) in [6.07, 6.45) is -0.886. The van der Waals surface area contributed by atoms with Crippen LogP contribution in [0.25, 0.3) is 5.69 Å². The minimum atomic E-state index is -0.418. The van der Waals surface area contributed by atoms with Crippen LogP contribution in [-0.2, 0) is 0 Å². The fourth-order valence-corrected chi connectivity index (χ4v) is 1.06. The third-order valence-corrected chi connectivity index (χ3v) is 1.69. The van der Waals surface area contributed by atoms with Gasteiger partial charge in [-0.2, -0.15) is 0 Å². The van der Waals surface area contributed by atoms with Crippen molar-refractivity contribution in [3.63, 3.8) is 0 Å². The molecule has 0 spiro atoms. The van der Waals surface area contributed by atoms with Gasteiger partial charge in [0.25, 0.3) is 0 Å². The van der Waals surface area contributed by atoms with E-state index in [0.29, 0.717) is 0 Å². The van der Waals surface area contributed by atoms with Gasteiger partial charge in [0.05, 0.1) is 11.2 Å². The molecule has 2 rings (SSSR count). The molecule has 0 aliphatic rings. The predicted molar refractivity (Wildman–Crippen MR) is 53.5 cm³/mol. The van der Waals surface area contributed by atoms with E-state index in [4.69, 9.17) is 12.6 Å². The lowest BCUT2D eigenvalue weighted by Gasteiger charge is -2.03. The average Bonchev–Trinajstić information content (AvgIpc) is 2.53. The second-order valence-electron chi connectivity index (χ2n) is 2.16. The molecule has 0 unspecified atom stereocenters. The molecule has 0 aliphatic heterocycles. The second kappa shape index (κ2) is 3.18. The summed E-state index contributed by atoms with van der Waals surface area (Å²) in [6, 6.07) is -0.776. The number of hydrogen-bond donors (Lipinski definition) is 1. The standard InChI is InChI=1S/C8H7BrN4/c9-7-4-13(5-12-7)6-2-1-3-11-8(6)10/h1-5H,(H2,10,11)/i1D,2D,3D,4D,5D. The highest BCUT2D eigenvalue weighted by molar-refractivity contribution is 9.10. The van der Waals surface area contributed by atoms with Gasteiger partial charge in [0.2, 0.25) is 0 Å². The van der Waals surface area contributed by atoms with Crippen LogP contribution in [0.5, 0.6) is 0 Å². The Kier molecular flexibility index (Phi) is 1.04. The Balaban J connectivity index is 2.83. The number of nitrogen functional groups attached to an aromatic ring is 1. The van der Waals surface area contributed by atoms with E-state index in [2.05, 4.69) is 25.9 Å². The van der Waals surface area contributed by atoms with E-state index in [1.807, 2.05) is 0 Å². The van der Waals surface area contributed by atoms with Crippen molar-refractivity contribution in [1.29, 1.82) is 0 Å². The van der Waals surface area contributed by atoms with Gasteiger partial charge < -0.3 is 10.3 Å². The van der Waals surface area contributed by atoms with Crippen LogP contribution in [0.2, 0.25) is 0 Å². The summed E-state index contributed by atoms with van der Waals surface area (Å²) in [5.74, 6) is -0.187. The van der Waals surface area contributed by atoms with Crippen molar-refractivity contribution in [2.45, 2.75) is 0 Å². The minimum Gasteiger partial charge on any atom is -0.382 e. The van der Waals surface area contributed by atoms with Crippen molar-refractivity contribution in [2.75, 3.05) is 5.73 Å². The van der Waals surface area contributed by atoms with Gasteiger partial charge in [-0.25, -0.2) is 9.97 Å². The van der Waals surface area contributed by atoms with Crippen LogP contribution in [0, 0.1) is 0 Å². The lowest BCUT2D eigenvalue weighted by atomic mass is 10.4. The molecule has 0 amide bonds. The second-order valence-corrected chi connectivity index (χ2v) is 2.91. The molecular weight excluding hydrogens is 232 g/mol. The Hall–Kier alpha value is -1.36. The van der Waals surface area contributed by atoms with Crippen LogP contribution in [0.4, 0.5) is 5.82 Å². The fraction of sp³-hybridized carbons (Fsp3) is 0. The van der Waals surface area contributed by atoms with E-state index in [-0.39, 0.29) is 34.6 Å². The maximum atomic E-state index is 7.76. The van der Waals surface area contributed by atoms with Crippen LogP contribution < -0.4 is 5.73 Å². The molecule has 0 fully saturated rings. The van der Waals surface area contributed by atoms with E-state index in [1.54, 1.807) is 0 Å². The smallest absolute Gasteiger partial charge is 0.147 e. The van der Waals surface area contributed by atoms with Crippen molar-refractivity contribution in [1.82, 2.24) is 14.5 Å². The third kappa shape index (κ3) is 1.55. The lowest BCUT2D eigenvalue weighted by Crippen LogP contribution is -1.98. The number of pyridine rings is 1. The van der Waals surface area contributed by atoms with Crippen molar-refractivity contribution >= 4 is 21.7 Å². The number of rotatable bonds is 1. The molecule has 2 aromatic rings. The molecule has 0 radical (unpaired) electrons. The zero-order chi connectivity index (χ0) is 13.6. The van der Waals surface area contributed by atoms with Crippen LogP contribution in [0.3, 0.4) is 0 Å². The molecule has 0 saturated heterocycles. The molecule has 0 aliphatic carbocycles. The van der Waals surface area contributed by atoms with E-state index >= 15 is 0 Å². The molecule has 0 saturated carbocycles. The molecule has 2 heterocycles. The third-order valence-electron chi connectivity index (χ3n) is 1.33. The summed E-state index contributed by atoms with van der Waals surface area (Å²) in [7, 11) is 0. The first kappa shape index (κ1) is 4.23. The molecular formula is C8H7BrN4. The minimum absolute atomic E-state index is 0.0794. The van der Waals surface area contributed by atoms with Crippen molar-refractivity contribution in [2.24, 2.45) is 0 Å². The number of halogens is 1. The van der Waals surface area contributed by atoms with Gasteiger partial charge in [0.1, 0.15) is 18.1 Å². The van der Waals surface area contributed by atoms with Crippen LogP contribution in [-0.4, -0.2) is 14.5 Å². The Bertz CT molecular complexity index is 641. The molecule has 66 valence electrons. The molecule has 0 atom stereocenters. The summed E-state index contributed by atoms with van der Waals surface area (Å²) < 4.78 is 39.1. The highest BCUT2D eigenvalue weighted by Gasteiger charge is 2.01. The molecule has 5 heteroatoms. The van der Waals surface area contributed by atoms with Crippen molar-refractivity contribution < 1.29 is 6.85 Å². The van der Waals surface area contributed by atoms with Gasteiger partial charge in [0.15, 0.2) is 0 Å². The molecule has 2 N–H and O–H groups in total. The predicted octanol–water partition coefficient (Wildman–Crippen LogP) is 1.61. The average molecular weight is 244 g/mol. The quantitative estimate of drug-likeness (QED) is 0.829. The topological polar surface area (TPSA) is 56.7 Å². The van der Waals surface area contributed by atoms with E-state index in [1.165, 1.54) is 0 Å². The van der Waals surface area contributed by atoms with Crippen LogP contribution in [0.1, 0.15) is 6.85 Å². The molecule has 2 aromatic heterocycles. The maximum absolute atomic E-state index is 7.76. The molecule has 0 aromatic carbocycles. The Morgan fingerprint density at radius 3 is 3.08 bits per heavy atom. The zero-order valence-corrected chi connectivity index (χ0v) is 7.88. The van der Waals surface area contributed by atoms with Crippen molar-refractivity contribution in [3.8, 4) is 5.69 Å². The number of anilines is 1. The Labute approximate surface area is 90.6 Å². The highest BCUT2D eigenvalue weighted by Crippen LogP contribution is 2.15. The first-order chi connectivity index (χ1) is 8.34. The van der Waals surface area contributed by atoms with Gasteiger partial charge in [-0.1, -0.05) is 0 Å². The first-order valence-corrected chi connectivity index (χ1v) is 4.09. The SMILES string of the molecule is [2H]c1nc(N)c(-n2c([2H])nc(Br)c2[2H])c([2H])c1[2H]. The summed E-state index contributed by atoms with van der Waals surface area (Å²) in [5.41, 5.74) is 5.53. The summed E-state index contributed by atoms with van der Waals surface area (Å²) in [6.45, 7) is 0. The number of aromatic nitrogens is 3. The van der Waals surface area contributed by atoms with Gasteiger partial charge in [0, 0.05) is 12.3 Å². The number of hydrogen-bond acceptors (Lipinski definition) is 3. The van der Waals surface area contributed by atoms with Crippen LogP contribution in [0.15, 0.2) is 35.3 Å². The maximum Gasteiger partial charge on any atom is 0.147 e. The van der Waals surface area contributed by atoms with Crippen LogP contribution >= 0.6 is 15.9 Å². The van der Waals surface area contributed by atoms with Crippen molar-refractivity contribution in [3.05, 3.63) is 35.3 Å². The highest BCUT2D eigenvalue weighted by atomic mass is 79.9. The monoisotopic (exact) mass is 243 g/mol. The van der Waals surface area contributed by atoms with E-state index in [0.717, 1.165) is 4.57 Å². The van der Waals surface area contributed by atoms with E-state index < -0.39 is 12.2 Å². The van der Waals surface area contributed by atoms with Gasteiger partial charge in [-0.15, -0.1) is 0 Å². The summed E-state index contributed by atoms with van der Waals surface area (Å²) in [4.78, 5) is 7.31. The number of imidazole rings is 1. The largest absolute Gasteiger partial charge is 0.382 e. The zero-order valence-electron chi connectivity index (χ0n) is 11.3. The molecule has 0 bridgehead atoms. The normalized spacial score (nSPS) is 15.6. The summed E-state index contributed by atoms with van der Waals surface area (Å²) >= 11 is 3.00. The first-order valence-electron chi connectivity index (χ1n) is 5.79. The fourth-order valence-electron chi connectivity index (χ4n) is 0.805. The lowest BCUT2D eigenvalue weighted by molar-refractivity contribution is 1.04. The molecule has 13 heavy (non-hydrogen) atoms. The van der Waals surface area contributed by atoms with E-state index in [9.17, 15) is 0 Å². The number of nitrogens with zero attached hydrogens (tertiary/aromatic N) is 3. The Morgan fingerprint density at radius 1 is 1.54 bits per heavy atom. The Morgan fingerprint density at radius 2 is 2.38 bits per heavy atom.